The second-order valence-electron chi connectivity index (χ2n) is 3.96. The molecule has 18 heavy (non-hydrogen) atoms. The Kier molecular flexibility index (Phi) is 5.22. The van der Waals surface area contributed by atoms with Gasteiger partial charge in [0.15, 0.2) is 4.90 Å². The van der Waals surface area contributed by atoms with Gasteiger partial charge in [0.1, 0.15) is 11.4 Å². The van der Waals surface area contributed by atoms with Crippen LogP contribution < -0.4 is 0 Å². The van der Waals surface area contributed by atoms with Gasteiger partial charge in [-0.3, -0.25) is 0 Å². The molecule has 6 heteroatoms. The van der Waals surface area contributed by atoms with E-state index >= 15 is 0 Å². The number of nitrogens with zero attached hydrogens (tertiary/aromatic N) is 1. The van der Waals surface area contributed by atoms with Crippen molar-refractivity contribution in [3.63, 3.8) is 0 Å². The summed E-state index contributed by atoms with van der Waals surface area (Å²) < 4.78 is 51.7. The second-order valence-corrected chi connectivity index (χ2v) is 5.08. The van der Waals surface area contributed by atoms with Crippen LogP contribution in [0, 0.1) is 6.92 Å². The summed E-state index contributed by atoms with van der Waals surface area (Å²) in [6, 6.07) is 6.97. The summed E-state index contributed by atoms with van der Waals surface area (Å²) in [7, 11) is 0. The normalized spacial score (nSPS) is 14.7. The molecule has 0 N–H and O–H groups in total. The first-order valence-electron chi connectivity index (χ1n) is 5.38. The molecule has 0 radical (unpaired) electrons. The van der Waals surface area contributed by atoms with Gasteiger partial charge in [-0.25, -0.2) is 0 Å². The second kappa shape index (κ2) is 6.24. The van der Waals surface area contributed by atoms with Crippen LogP contribution in [-0.2, 0) is 11.4 Å². The lowest BCUT2D eigenvalue weighted by Gasteiger charge is -2.08. The van der Waals surface area contributed by atoms with E-state index < -0.39 is 24.0 Å². The van der Waals surface area contributed by atoms with Crippen molar-refractivity contribution in [3.05, 3.63) is 29.8 Å². The van der Waals surface area contributed by atoms with E-state index in [4.69, 9.17) is 0 Å². The molecule has 0 fully saturated rings. The van der Waals surface area contributed by atoms with Gasteiger partial charge >= 0.3 is 6.18 Å². The van der Waals surface area contributed by atoms with Gasteiger partial charge in [-0.2, -0.15) is 13.2 Å². The van der Waals surface area contributed by atoms with Crippen LogP contribution in [0.4, 0.5) is 13.2 Å². The molecule has 1 rings (SSSR count). The molecule has 0 amide bonds. The molecule has 0 aliphatic rings. The predicted octanol–water partition coefficient (Wildman–Crippen LogP) is 3.82. The van der Waals surface area contributed by atoms with Crippen molar-refractivity contribution in [1.29, 1.82) is 0 Å². The Bertz CT molecular complexity index is 432. The molecule has 0 aliphatic carbocycles. The molecular formula is C12H14F3NOS. The molecule has 0 spiro atoms. The van der Waals surface area contributed by atoms with Crippen LogP contribution in [0.1, 0.15) is 25.3 Å². The predicted molar refractivity (Wildman–Crippen MR) is 66.0 cm³/mol. The van der Waals surface area contributed by atoms with Crippen LogP contribution in [-0.4, -0.2) is 16.4 Å². The largest absolute Gasteiger partial charge is 0.586 e. The quantitative estimate of drug-likeness (QED) is 0.608. The highest BCUT2D eigenvalue weighted by molar-refractivity contribution is 7.90. The molecule has 1 aromatic carbocycles. The van der Waals surface area contributed by atoms with Crippen molar-refractivity contribution in [3.8, 4) is 0 Å². The summed E-state index contributed by atoms with van der Waals surface area (Å²) in [4.78, 5) is 0.531. The Morgan fingerprint density at radius 3 is 2.50 bits per heavy atom. The Morgan fingerprint density at radius 2 is 1.94 bits per heavy atom. The van der Waals surface area contributed by atoms with Gasteiger partial charge in [-0.15, -0.1) is 0 Å². The Balaban J connectivity index is 2.68. The number of alkyl halides is 3. The summed E-state index contributed by atoms with van der Waals surface area (Å²) in [5.74, 6) is 0. The van der Waals surface area contributed by atoms with Crippen LogP contribution >= 0.6 is 0 Å². The number of hydrogen-bond acceptors (Lipinski definition) is 2. The molecule has 100 valence electrons. The number of hydrogen-bond donors (Lipinski definition) is 0. The van der Waals surface area contributed by atoms with Gasteiger partial charge in [0, 0.05) is 12.0 Å². The van der Waals surface area contributed by atoms with E-state index in [-0.39, 0.29) is 12.1 Å². The fraction of sp³-hybridized carbons (Fsp3) is 0.417. The SMILES string of the molecule is CC(CCC(F)(F)F)=N[S+]([O-])c1ccccc1C. The maximum absolute atomic E-state index is 12.0. The molecule has 0 heterocycles. The molecule has 0 aliphatic heterocycles. The maximum atomic E-state index is 12.0. The van der Waals surface area contributed by atoms with Crippen LogP contribution in [0.15, 0.2) is 33.6 Å². The summed E-state index contributed by atoms with van der Waals surface area (Å²) in [6.07, 6.45) is -5.37. The minimum absolute atomic E-state index is 0.221. The summed E-state index contributed by atoms with van der Waals surface area (Å²) >= 11 is -1.63. The molecule has 2 nitrogen and oxygen atoms in total. The van der Waals surface area contributed by atoms with E-state index in [0.29, 0.717) is 4.90 Å². The first-order valence-corrected chi connectivity index (χ1v) is 6.49. The van der Waals surface area contributed by atoms with Crippen LogP contribution in [0.3, 0.4) is 0 Å². The Hall–Kier alpha value is -1.01. The monoisotopic (exact) mass is 277 g/mol. The van der Waals surface area contributed by atoms with E-state index in [1.165, 1.54) is 6.92 Å². The van der Waals surface area contributed by atoms with Crippen molar-refractivity contribution in [1.82, 2.24) is 0 Å². The van der Waals surface area contributed by atoms with Crippen molar-refractivity contribution in [2.45, 2.75) is 37.8 Å². The first kappa shape index (κ1) is 15.0. The maximum Gasteiger partial charge on any atom is 0.389 e. The molecule has 0 saturated heterocycles. The third-order valence-corrected chi connectivity index (χ3v) is 3.60. The minimum Gasteiger partial charge on any atom is -0.586 e. The van der Waals surface area contributed by atoms with Gasteiger partial charge in [-0.1, -0.05) is 22.6 Å². The zero-order chi connectivity index (χ0) is 13.8. The average Bonchev–Trinajstić information content (AvgIpc) is 2.26. The van der Waals surface area contributed by atoms with Gasteiger partial charge < -0.3 is 4.55 Å². The van der Waals surface area contributed by atoms with Crippen LogP contribution in [0.5, 0.6) is 0 Å². The lowest BCUT2D eigenvalue weighted by atomic mass is 10.2. The molecule has 0 saturated carbocycles. The minimum atomic E-state index is -4.21. The molecule has 1 aromatic rings. The smallest absolute Gasteiger partial charge is 0.389 e. The molecule has 0 aromatic heterocycles. The van der Waals surface area contributed by atoms with Crippen molar-refractivity contribution in [2.75, 3.05) is 0 Å². The highest BCUT2D eigenvalue weighted by Crippen LogP contribution is 2.22. The van der Waals surface area contributed by atoms with Crippen molar-refractivity contribution in [2.24, 2.45) is 4.40 Å². The fourth-order valence-electron chi connectivity index (χ4n) is 1.31. The number of benzene rings is 1. The number of aryl methyl sites for hydroxylation is 1. The van der Waals surface area contributed by atoms with Gasteiger partial charge in [0.25, 0.3) is 0 Å². The summed E-state index contributed by atoms with van der Waals surface area (Å²) in [5.41, 5.74) is 1.05. The van der Waals surface area contributed by atoms with Crippen molar-refractivity contribution >= 4 is 17.1 Å². The fourth-order valence-corrected chi connectivity index (χ4v) is 2.32. The zero-order valence-corrected chi connectivity index (χ0v) is 10.9. The van der Waals surface area contributed by atoms with Crippen molar-refractivity contribution < 1.29 is 17.7 Å². The van der Waals surface area contributed by atoms with E-state index in [2.05, 4.69) is 4.40 Å². The first-order chi connectivity index (χ1) is 8.29. The molecule has 1 unspecified atom stereocenters. The molecule has 1 atom stereocenters. The standard InChI is InChI=1S/C12H14F3NOS/c1-9-5-3-4-6-11(9)18(17)16-10(2)7-8-12(13,14)15/h3-6H,7-8H2,1-2H3. The Labute approximate surface area is 107 Å². The topological polar surface area (TPSA) is 35.4 Å². The van der Waals surface area contributed by atoms with Gasteiger partial charge in [0.05, 0.1) is 5.71 Å². The Morgan fingerprint density at radius 1 is 1.33 bits per heavy atom. The third kappa shape index (κ3) is 5.10. The third-order valence-electron chi connectivity index (χ3n) is 2.29. The molecule has 0 bridgehead atoms. The van der Waals surface area contributed by atoms with Crippen LogP contribution in [0.25, 0.3) is 0 Å². The lowest BCUT2D eigenvalue weighted by molar-refractivity contribution is -0.132. The van der Waals surface area contributed by atoms with E-state index in [9.17, 15) is 17.7 Å². The zero-order valence-electron chi connectivity index (χ0n) is 10.1. The lowest BCUT2D eigenvalue weighted by Crippen LogP contribution is -2.10. The van der Waals surface area contributed by atoms with Gasteiger partial charge in [-0.05, 0) is 26.3 Å². The highest BCUT2D eigenvalue weighted by atomic mass is 32.2. The average molecular weight is 277 g/mol. The number of rotatable bonds is 4. The summed E-state index contributed by atoms with van der Waals surface area (Å²) in [6.45, 7) is 3.25. The van der Waals surface area contributed by atoms with E-state index in [1.54, 1.807) is 31.2 Å². The molecular weight excluding hydrogens is 263 g/mol. The highest BCUT2D eigenvalue weighted by Gasteiger charge is 2.27. The summed E-state index contributed by atoms with van der Waals surface area (Å²) in [5, 5.41) is 0. The van der Waals surface area contributed by atoms with Gasteiger partial charge in [0.2, 0.25) is 0 Å². The van der Waals surface area contributed by atoms with E-state index in [0.717, 1.165) is 5.56 Å². The number of halogens is 3. The van der Waals surface area contributed by atoms with E-state index in [1.807, 2.05) is 0 Å². The van der Waals surface area contributed by atoms with Crippen LogP contribution in [0.2, 0.25) is 0 Å².